The van der Waals surface area contributed by atoms with Crippen LogP contribution in [0.15, 0.2) is 12.3 Å². The number of carbonyl (C=O) groups is 2. The topological polar surface area (TPSA) is 79.7 Å². The molecule has 1 N–H and O–H groups in total. The van der Waals surface area contributed by atoms with Crippen LogP contribution < -0.4 is 4.74 Å². The Bertz CT molecular complexity index is 587. The molecule has 2 rings (SSSR count). The highest BCUT2D eigenvalue weighted by atomic mass is 35.5. The van der Waals surface area contributed by atoms with Gasteiger partial charge in [0, 0.05) is 18.8 Å². The van der Waals surface area contributed by atoms with Crippen molar-refractivity contribution in [1.29, 1.82) is 0 Å². The molecule has 23 heavy (non-hydrogen) atoms. The lowest BCUT2D eigenvalue weighted by Gasteiger charge is -2.26. The molecule has 1 aromatic rings. The average Bonchev–Trinajstić information content (AvgIpc) is 3.29. The van der Waals surface area contributed by atoms with Crippen LogP contribution in [0.3, 0.4) is 0 Å². The van der Waals surface area contributed by atoms with E-state index < -0.39 is 5.97 Å². The smallest absolute Gasteiger partial charge is 0.305 e. The number of carbonyl (C=O) groups excluding carboxylic acids is 1. The number of carboxylic acid groups (broad SMARTS) is 1. The maximum absolute atomic E-state index is 12.5. The van der Waals surface area contributed by atoms with Gasteiger partial charge in [0.2, 0.25) is 5.88 Å². The zero-order valence-corrected chi connectivity index (χ0v) is 14.0. The van der Waals surface area contributed by atoms with Crippen LogP contribution >= 0.6 is 11.6 Å². The molecular weight excluding hydrogens is 320 g/mol. The van der Waals surface area contributed by atoms with Crippen molar-refractivity contribution in [3.8, 4) is 5.88 Å². The van der Waals surface area contributed by atoms with Gasteiger partial charge in [0.05, 0.1) is 18.6 Å². The van der Waals surface area contributed by atoms with E-state index in [1.54, 1.807) is 0 Å². The normalized spacial score (nSPS) is 13.9. The summed E-state index contributed by atoms with van der Waals surface area (Å²) in [7, 11) is 0. The highest BCUT2D eigenvalue weighted by Crippen LogP contribution is 2.31. The summed E-state index contributed by atoms with van der Waals surface area (Å²) in [6, 6.07) is 1.40. The third-order valence-electron chi connectivity index (χ3n) is 3.66. The molecule has 0 spiro atoms. The molecule has 1 fully saturated rings. The van der Waals surface area contributed by atoms with E-state index in [2.05, 4.69) is 4.98 Å². The molecule has 0 atom stereocenters. The molecule has 1 aliphatic rings. The minimum atomic E-state index is -0.941. The van der Waals surface area contributed by atoms with Gasteiger partial charge in [-0.1, -0.05) is 11.6 Å². The molecule has 0 aliphatic heterocycles. The molecule has 1 saturated carbocycles. The Balaban J connectivity index is 2.06. The largest absolute Gasteiger partial charge is 0.481 e. The Morgan fingerprint density at radius 3 is 2.70 bits per heavy atom. The van der Waals surface area contributed by atoms with Gasteiger partial charge in [-0.05, 0) is 38.7 Å². The van der Waals surface area contributed by atoms with E-state index in [0.717, 1.165) is 0 Å². The first-order valence-electron chi connectivity index (χ1n) is 7.69. The predicted octanol–water partition coefficient (Wildman–Crippen LogP) is 2.85. The van der Waals surface area contributed by atoms with E-state index in [1.165, 1.54) is 30.0 Å². The molecule has 1 aromatic heterocycles. The van der Waals surface area contributed by atoms with Crippen molar-refractivity contribution in [1.82, 2.24) is 9.88 Å². The maximum Gasteiger partial charge on any atom is 0.305 e. The number of carboxylic acids is 1. The van der Waals surface area contributed by atoms with Crippen LogP contribution in [0.1, 0.15) is 43.5 Å². The molecule has 1 aliphatic carbocycles. The second kappa shape index (κ2) is 7.64. The van der Waals surface area contributed by atoms with Gasteiger partial charge in [-0.2, -0.15) is 0 Å². The minimum Gasteiger partial charge on any atom is -0.481 e. The number of aromatic nitrogens is 1. The average molecular weight is 341 g/mol. The van der Waals surface area contributed by atoms with Crippen LogP contribution in [-0.4, -0.2) is 46.1 Å². The number of ether oxygens (including phenoxy) is 1. The molecule has 1 heterocycles. The van der Waals surface area contributed by atoms with E-state index in [1.807, 2.05) is 13.8 Å². The fourth-order valence-corrected chi connectivity index (χ4v) is 2.33. The summed E-state index contributed by atoms with van der Waals surface area (Å²) in [5, 5.41) is 9.09. The highest BCUT2D eigenvalue weighted by molar-refractivity contribution is 6.32. The number of aliphatic carboxylic acids is 1. The van der Waals surface area contributed by atoms with Gasteiger partial charge in [-0.25, -0.2) is 4.98 Å². The number of hydrogen-bond acceptors (Lipinski definition) is 4. The van der Waals surface area contributed by atoms with E-state index in [-0.39, 0.29) is 24.9 Å². The van der Waals surface area contributed by atoms with E-state index in [0.29, 0.717) is 29.0 Å². The van der Waals surface area contributed by atoms with Gasteiger partial charge in [-0.3, -0.25) is 9.59 Å². The SMILES string of the molecule is CC(C)N(CCC(=O)O)C(=O)c1cnc(OCC2CC2)c(Cl)c1. The van der Waals surface area contributed by atoms with Crippen molar-refractivity contribution in [2.45, 2.75) is 39.2 Å². The molecule has 0 aromatic carbocycles. The Labute approximate surface area is 140 Å². The lowest BCUT2D eigenvalue weighted by atomic mass is 10.2. The van der Waals surface area contributed by atoms with Crippen LogP contribution in [-0.2, 0) is 4.79 Å². The van der Waals surface area contributed by atoms with Crippen molar-refractivity contribution in [3.05, 3.63) is 22.8 Å². The summed E-state index contributed by atoms with van der Waals surface area (Å²) >= 11 is 6.14. The fourth-order valence-electron chi connectivity index (χ4n) is 2.11. The zero-order valence-electron chi connectivity index (χ0n) is 13.3. The van der Waals surface area contributed by atoms with Crippen LogP contribution in [0.25, 0.3) is 0 Å². The second-order valence-electron chi connectivity index (χ2n) is 6.00. The minimum absolute atomic E-state index is 0.104. The maximum atomic E-state index is 12.5. The third kappa shape index (κ3) is 5.10. The number of rotatable bonds is 8. The monoisotopic (exact) mass is 340 g/mol. The molecule has 6 nitrogen and oxygen atoms in total. The summed E-state index contributed by atoms with van der Waals surface area (Å²) in [5.41, 5.74) is 0.327. The van der Waals surface area contributed by atoms with E-state index in [4.69, 9.17) is 21.4 Å². The second-order valence-corrected chi connectivity index (χ2v) is 6.41. The van der Waals surface area contributed by atoms with Gasteiger partial charge < -0.3 is 14.7 Å². The highest BCUT2D eigenvalue weighted by Gasteiger charge is 2.24. The molecule has 7 heteroatoms. The summed E-state index contributed by atoms with van der Waals surface area (Å²) < 4.78 is 5.54. The van der Waals surface area contributed by atoms with Gasteiger partial charge in [0.15, 0.2) is 0 Å². The van der Waals surface area contributed by atoms with Crippen molar-refractivity contribution in [2.24, 2.45) is 5.92 Å². The van der Waals surface area contributed by atoms with Gasteiger partial charge in [-0.15, -0.1) is 0 Å². The Kier molecular flexibility index (Phi) is 5.82. The van der Waals surface area contributed by atoms with E-state index >= 15 is 0 Å². The summed E-state index contributed by atoms with van der Waals surface area (Å²) in [5.74, 6) is -0.314. The summed E-state index contributed by atoms with van der Waals surface area (Å²) in [6.45, 7) is 4.41. The molecule has 126 valence electrons. The number of nitrogens with zero attached hydrogens (tertiary/aromatic N) is 2. The third-order valence-corrected chi connectivity index (χ3v) is 3.93. The van der Waals surface area contributed by atoms with Crippen molar-refractivity contribution in [2.75, 3.05) is 13.2 Å². The molecule has 0 saturated heterocycles. The summed E-state index contributed by atoms with van der Waals surface area (Å²) in [6.07, 6.45) is 3.66. The zero-order chi connectivity index (χ0) is 17.0. The Hall–Kier alpha value is -1.82. The molecular formula is C16H21ClN2O4. The first-order chi connectivity index (χ1) is 10.9. The van der Waals surface area contributed by atoms with Crippen LogP contribution in [0.4, 0.5) is 0 Å². The van der Waals surface area contributed by atoms with E-state index in [9.17, 15) is 9.59 Å². The molecule has 0 radical (unpaired) electrons. The van der Waals surface area contributed by atoms with Crippen LogP contribution in [0.5, 0.6) is 5.88 Å². The number of hydrogen-bond donors (Lipinski definition) is 1. The fraction of sp³-hybridized carbons (Fsp3) is 0.562. The number of pyridine rings is 1. The van der Waals surface area contributed by atoms with Crippen molar-refractivity contribution >= 4 is 23.5 Å². The first-order valence-corrected chi connectivity index (χ1v) is 8.07. The lowest BCUT2D eigenvalue weighted by molar-refractivity contribution is -0.137. The molecule has 0 bridgehead atoms. The van der Waals surface area contributed by atoms with Gasteiger partial charge in [0.25, 0.3) is 5.91 Å². The van der Waals surface area contributed by atoms with Crippen LogP contribution in [0, 0.1) is 5.92 Å². The van der Waals surface area contributed by atoms with Crippen molar-refractivity contribution < 1.29 is 19.4 Å². The quantitative estimate of drug-likeness (QED) is 0.787. The Morgan fingerprint density at radius 1 is 1.48 bits per heavy atom. The number of amides is 1. The van der Waals surface area contributed by atoms with Crippen molar-refractivity contribution in [3.63, 3.8) is 0 Å². The first kappa shape index (κ1) is 17.5. The number of halogens is 1. The lowest BCUT2D eigenvalue weighted by Crippen LogP contribution is -2.38. The Morgan fingerprint density at radius 2 is 2.17 bits per heavy atom. The van der Waals surface area contributed by atoms with Gasteiger partial charge in [0.1, 0.15) is 5.02 Å². The van der Waals surface area contributed by atoms with Gasteiger partial charge >= 0.3 is 5.97 Å². The predicted molar refractivity (Wildman–Crippen MR) is 85.9 cm³/mol. The molecule has 0 unspecified atom stereocenters. The summed E-state index contributed by atoms with van der Waals surface area (Å²) in [4.78, 5) is 28.9. The molecule has 1 amide bonds. The van der Waals surface area contributed by atoms with Crippen LogP contribution in [0.2, 0.25) is 5.02 Å². The standard InChI is InChI=1S/C16H21ClN2O4/c1-10(2)19(6-5-14(20)21)16(22)12-7-13(17)15(18-8-12)23-9-11-3-4-11/h7-8,10-11H,3-6,9H2,1-2H3,(H,20,21).